The van der Waals surface area contributed by atoms with E-state index in [-0.39, 0.29) is 0 Å². The molecule has 1 aliphatic rings. The first kappa shape index (κ1) is 13.3. The summed E-state index contributed by atoms with van der Waals surface area (Å²) in [6.07, 6.45) is 6.85. The van der Waals surface area contributed by atoms with E-state index >= 15 is 0 Å². The van der Waals surface area contributed by atoms with Gasteiger partial charge in [-0.15, -0.1) is 0 Å². The lowest BCUT2D eigenvalue weighted by molar-refractivity contribution is 0.409. The minimum absolute atomic E-state index is 0.640. The zero-order valence-electron chi connectivity index (χ0n) is 11.9. The van der Waals surface area contributed by atoms with Gasteiger partial charge in [0.05, 0.1) is 0 Å². The summed E-state index contributed by atoms with van der Waals surface area (Å²) in [6.45, 7) is 9.10. The smallest absolute Gasteiger partial charge is 0.132 e. The van der Waals surface area contributed by atoms with E-state index in [2.05, 4.69) is 36.7 Å². The Hall–Kier alpha value is -1.12. The monoisotopic (exact) mass is 247 g/mol. The molecule has 3 nitrogen and oxygen atoms in total. The van der Waals surface area contributed by atoms with Gasteiger partial charge in [0.25, 0.3) is 0 Å². The van der Waals surface area contributed by atoms with E-state index in [1.807, 2.05) is 6.20 Å². The number of anilines is 1. The second-order valence-corrected chi connectivity index (χ2v) is 5.80. The highest BCUT2D eigenvalue weighted by Gasteiger charge is 2.14. The van der Waals surface area contributed by atoms with Crippen molar-refractivity contribution in [1.82, 2.24) is 9.97 Å². The molecule has 18 heavy (non-hydrogen) atoms. The van der Waals surface area contributed by atoms with Crippen molar-refractivity contribution in [3.05, 3.63) is 18.1 Å². The van der Waals surface area contributed by atoms with Crippen LogP contribution in [0.15, 0.2) is 12.3 Å². The molecule has 2 heterocycles. The van der Waals surface area contributed by atoms with Crippen molar-refractivity contribution >= 4 is 5.82 Å². The Morgan fingerprint density at radius 1 is 1.17 bits per heavy atom. The summed E-state index contributed by atoms with van der Waals surface area (Å²) >= 11 is 0. The zero-order chi connectivity index (χ0) is 13.0. The third-order valence-corrected chi connectivity index (χ3v) is 4.01. The van der Waals surface area contributed by atoms with Gasteiger partial charge < -0.3 is 4.90 Å². The van der Waals surface area contributed by atoms with Crippen molar-refractivity contribution in [2.24, 2.45) is 11.8 Å². The highest BCUT2D eigenvalue weighted by Crippen LogP contribution is 2.19. The number of aromatic nitrogens is 2. The van der Waals surface area contributed by atoms with Gasteiger partial charge in [0, 0.05) is 25.7 Å². The van der Waals surface area contributed by atoms with Gasteiger partial charge in [0.1, 0.15) is 11.6 Å². The third-order valence-electron chi connectivity index (χ3n) is 4.01. The number of nitrogens with zero attached hydrogens (tertiary/aromatic N) is 3. The molecule has 2 rings (SSSR count). The molecule has 1 atom stereocenters. The molecule has 0 spiro atoms. The van der Waals surface area contributed by atoms with Crippen LogP contribution in [0.2, 0.25) is 0 Å². The van der Waals surface area contributed by atoms with Gasteiger partial charge in [0.2, 0.25) is 0 Å². The van der Waals surface area contributed by atoms with Crippen LogP contribution in [0.4, 0.5) is 5.82 Å². The summed E-state index contributed by atoms with van der Waals surface area (Å²) in [5.41, 5.74) is 0. The Balaban J connectivity index is 2.04. The molecule has 3 heteroatoms. The largest absolute Gasteiger partial charge is 0.357 e. The van der Waals surface area contributed by atoms with Crippen LogP contribution < -0.4 is 4.90 Å². The maximum atomic E-state index is 4.73. The van der Waals surface area contributed by atoms with Crippen LogP contribution in [0.5, 0.6) is 0 Å². The summed E-state index contributed by atoms with van der Waals surface area (Å²) < 4.78 is 0. The van der Waals surface area contributed by atoms with Crippen LogP contribution in [-0.2, 0) is 6.42 Å². The fourth-order valence-corrected chi connectivity index (χ4v) is 2.31. The van der Waals surface area contributed by atoms with Crippen LogP contribution in [0, 0.1) is 11.8 Å². The minimum atomic E-state index is 0.640. The predicted octanol–water partition coefficient (Wildman–Crippen LogP) is 3.30. The minimum Gasteiger partial charge on any atom is -0.357 e. The molecule has 0 bridgehead atoms. The second-order valence-electron chi connectivity index (χ2n) is 5.80. The average Bonchev–Trinajstić information content (AvgIpc) is 2.40. The van der Waals surface area contributed by atoms with Gasteiger partial charge in [-0.1, -0.05) is 20.8 Å². The SMILES string of the molecule is CC(C)C(C)Cc1nccc(N2CCCCC2)n1. The van der Waals surface area contributed by atoms with E-state index in [0.29, 0.717) is 11.8 Å². The molecule has 1 saturated heterocycles. The van der Waals surface area contributed by atoms with Crippen molar-refractivity contribution in [2.75, 3.05) is 18.0 Å². The number of hydrogen-bond acceptors (Lipinski definition) is 3. The Morgan fingerprint density at radius 3 is 2.56 bits per heavy atom. The van der Waals surface area contributed by atoms with E-state index in [0.717, 1.165) is 31.2 Å². The molecule has 0 N–H and O–H groups in total. The van der Waals surface area contributed by atoms with Gasteiger partial charge >= 0.3 is 0 Å². The molecule has 0 aromatic carbocycles. The highest BCUT2D eigenvalue weighted by molar-refractivity contribution is 5.37. The van der Waals surface area contributed by atoms with Crippen LogP contribution in [-0.4, -0.2) is 23.1 Å². The van der Waals surface area contributed by atoms with Crippen molar-refractivity contribution in [3.63, 3.8) is 0 Å². The maximum Gasteiger partial charge on any atom is 0.132 e. The molecule has 0 radical (unpaired) electrons. The Labute approximate surface area is 111 Å². The van der Waals surface area contributed by atoms with Gasteiger partial charge in [-0.05, 0) is 37.2 Å². The summed E-state index contributed by atoms with van der Waals surface area (Å²) in [5.74, 6) is 3.45. The number of hydrogen-bond donors (Lipinski definition) is 0. The molecular weight excluding hydrogens is 222 g/mol. The fraction of sp³-hybridized carbons (Fsp3) is 0.733. The van der Waals surface area contributed by atoms with Gasteiger partial charge in [0.15, 0.2) is 0 Å². The predicted molar refractivity (Wildman–Crippen MR) is 75.8 cm³/mol. The fourth-order valence-electron chi connectivity index (χ4n) is 2.31. The second kappa shape index (κ2) is 6.17. The lowest BCUT2D eigenvalue weighted by atomic mass is 9.94. The normalized spacial score (nSPS) is 18.1. The van der Waals surface area contributed by atoms with E-state index in [1.165, 1.54) is 19.3 Å². The molecule has 1 aromatic rings. The first-order valence-corrected chi connectivity index (χ1v) is 7.23. The van der Waals surface area contributed by atoms with Gasteiger partial charge in [-0.2, -0.15) is 0 Å². The van der Waals surface area contributed by atoms with E-state index in [1.54, 1.807) is 0 Å². The van der Waals surface area contributed by atoms with Crippen LogP contribution in [0.3, 0.4) is 0 Å². The Morgan fingerprint density at radius 2 is 1.89 bits per heavy atom. The first-order chi connectivity index (χ1) is 8.66. The molecule has 1 unspecified atom stereocenters. The van der Waals surface area contributed by atoms with Crippen LogP contribution >= 0.6 is 0 Å². The molecular formula is C15H25N3. The number of rotatable bonds is 4. The Kier molecular flexibility index (Phi) is 4.56. The lowest BCUT2D eigenvalue weighted by Crippen LogP contribution is -2.30. The van der Waals surface area contributed by atoms with Crippen molar-refractivity contribution in [1.29, 1.82) is 0 Å². The zero-order valence-corrected chi connectivity index (χ0v) is 11.9. The molecule has 1 aromatic heterocycles. The molecule has 0 saturated carbocycles. The maximum absolute atomic E-state index is 4.73. The van der Waals surface area contributed by atoms with Crippen LogP contribution in [0.1, 0.15) is 45.9 Å². The molecule has 1 fully saturated rings. The van der Waals surface area contributed by atoms with Crippen molar-refractivity contribution in [2.45, 2.75) is 46.5 Å². The average molecular weight is 247 g/mol. The van der Waals surface area contributed by atoms with Gasteiger partial charge in [-0.25, -0.2) is 9.97 Å². The highest BCUT2D eigenvalue weighted by atomic mass is 15.2. The standard InChI is InChI=1S/C15H25N3/c1-12(2)13(3)11-14-16-8-7-15(17-14)18-9-5-4-6-10-18/h7-8,12-13H,4-6,9-11H2,1-3H3. The molecule has 0 amide bonds. The number of piperidine rings is 1. The summed E-state index contributed by atoms with van der Waals surface area (Å²) in [4.78, 5) is 11.5. The Bertz CT molecular complexity index is 370. The summed E-state index contributed by atoms with van der Waals surface area (Å²) in [5, 5.41) is 0. The molecule has 1 aliphatic heterocycles. The van der Waals surface area contributed by atoms with Gasteiger partial charge in [-0.3, -0.25) is 0 Å². The molecule has 100 valence electrons. The third kappa shape index (κ3) is 3.44. The molecule has 0 aliphatic carbocycles. The summed E-state index contributed by atoms with van der Waals surface area (Å²) in [6, 6.07) is 2.05. The summed E-state index contributed by atoms with van der Waals surface area (Å²) in [7, 11) is 0. The van der Waals surface area contributed by atoms with Crippen molar-refractivity contribution in [3.8, 4) is 0 Å². The lowest BCUT2D eigenvalue weighted by Gasteiger charge is -2.28. The van der Waals surface area contributed by atoms with E-state index in [4.69, 9.17) is 4.98 Å². The van der Waals surface area contributed by atoms with E-state index < -0.39 is 0 Å². The van der Waals surface area contributed by atoms with Crippen LogP contribution in [0.25, 0.3) is 0 Å². The van der Waals surface area contributed by atoms with E-state index in [9.17, 15) is 0 Å². The quantitative estimate of drug-likeness (QED) is 0.817. The first-order valence-electron chi connectivity index (χ1n) is 7.23. The topological polar surface area (TPSA) is 29.0 Å². The van der Waals surface area contributed by atoms with Crippen molar-refractivity contribution < 1.29 is 0 Å².